The molecule has 1 aliphatic heterocycles. The van der Waals surface area contributed by atoms with Crippen LogP contribution < -0.4 is 9.47 Å². The van der Waals surface area contributed by atoms with E-state index in [1.807, 2.05) is 13.8 Å². The summed E-state index contributed by atoms with van der Waals surface area (Å²) in [5.41, 5.74) is 0.852. The van der Waals surface area contributed by atoms with Crippen LogP contribution in [0.3, 0.4) is 0 Å². The Labute approximate surface area is 184 Å². The number of hydrogen-bond donors (Lipinski definition) is 0. The van der Waals surface area contributed by atoms with Gasteiger partial charge in [0.05, 0.1) is 29.6 Å². The van der Waals surface area contributed by atoms with Gasteiger partial charge in [0.2, 0.25) is 0 Å². The van der Waals surface area contributed by atoms with Crippen molar-refractivity contribution in [3.8, 4) is 11.5 Å². The van der Waals surface area contributed by atoms with E-state index in [4.69, 9.17) is 9.47 Å². The Kier molecular flexibility index (Phi) is 7.30. The largest absolute Gasteiger partial charge is 0.490 e. The summed E-state index contributed by atoms with van der Waals surface area (Å²) < 4.78 is 11.3. The molecule has 1 heterocycles. The van der Waals surface area contributed by atoms with E-state index in [2.05, 4.69) is 0 Å². The first-order valence-electron chi connectivity index (χ1n) is 9.81. The number of thioether (sulfide) groups is 1. The summed E-state index contributed by atoms with van der Waals surface area (Å²) in [6.07, 6.45) is 2.47. The second kappa shape index (κ2) is 10.1. The molecule has 0 aliphatic carbocycles. The van der Waals surface area contributed by atoms with E-state index in [1.165, 1.54) is 12.1 Å². The third kappa shape index (κ3) is 5.24. The number of benzene rings is 2. The first-order chi connectivity index (χ1) is 14.9. The molecule has 2 aromatic rings. The molecule has 31 heavy (non-hydrogen) atoms. The fraction of sp³-hybridized carbons (Fsp3) is 0.273. The molecule has 1 saturated heterocycles. The summed E-state index contributed by atoms with van der Waals surface area (Å²) in [6, 6.07) is 11.4. The summed E-state index contributed by atoms with van der Waals surface area (Å²) in [7, 11) is 0. The van der Waals surface area contributed by atoms with Crippen molar-refractivity contribution in [3.05, 3.63) is 68.6 Å². The molecule has 0 atom stereocenters. The topological polar surface area (TPSA) is 99.0 Å². The van der Waals surface area contributed by atoms with Crippen molar-refractivity contribution in [2.24, 2.45) is 0 Å². The number of nitro groups is 1. The van der Waals surface area contributed by atoms with Crippen molar-refractivity contribution in [3.63, 3.8) is 0 Å². The van der Waals surface area contributed by atoms with Crippen LogP contribution in [0.1, 0.15) is 31.4 Å². The molecule has 0 unspecified atom stereocenters. The Morgan fingerprint density at radius 3 is 2.58 bits per heavy atom. The maximum Gasteiger partial charge on any atom is 0.293 e. The summed E-state index contributed by atoms with van der Waals surface area (Å²) in [5, 5.41) is 10.8. The summed E-state index contributed by atoms with van der Waals surface area (Å²) in [5.74, 6) is 0.687. The number of carbonyl (C=O) groups excluding carboxylic acids is 2. The minimum absolute atomic E-state index is 0.130. The number of nitro benzene ring substituents is 1. The van der Waals surface area contributed by atoms with Crippen molar-refractivity contribution in [2.75, 3.05) is 13.2 Å². The molecule has 2 amide bonds. The van der Waals surface area contributed by atoms with Crippen molar-refractivity contribution in [2.45, 2.75) is 26.8 Å². The molecular formula is C22H22N2O6S. The Morgan fingerprint density at radius 2 is 1.87 bits per heavy atom. The van der Waals surface area contributed by atoms with Crippen LogP contribution >= 0.6 is 11.8 Å². The van der Waals surface area contributed by atoms with Crippen molar-refractivity contribution in [1.29, 1.82) is 0 Å². The van der Waals surface area contributed by atoms with Crippen LogP contribution in [0, 0.1) is 10.1 Å². The Hall–Kier alpha value is -3.33. The average molecular weight is 442 g/mol. The normalized spacial score (nSPS) is 14.9. The number of carbonyl (C=O) groups is 2. The number of imide groups is 1. The lowest BCUT2D eigenvalue weighted by molar-refractivity contribution is -0.385. The van der Waals surface area contributed by atoms with Gasteiger partial charge in [0, 0.05) is 11.6 Å². The average Bonchev–Trinajstić information content (AvgIpc) is 3.01. The highest BCUT2D eigenvalue weighted by molar-refractivity contribution is 8.18. The minimum Gasteiger partial charge on any atom is -0.490 e. The van der Waals surface area contributed by atoms with Crippen molar-refractivity contribution in [1.82, 2.24) is 4.90 Å². The molecule has 0 N–H and O–H groups in total. The van der Waals surface area contributed by atoms with Gasteiger partial charge in [0.15, 0.2) is 11.5 Å². The predicted molar refractivity (Wildman–Crippen MR) is 118 cm³/mol. The number of hydrogen-bond acceptors (Lipinski definition) is 7. The lowest BCUT2D eigenvalue weighted by Crippen LogP contribution is -2.27. The zero-order valence-corrected chi connectivity index (χ0v) is 18.0. The fourth-order valence-electron chi connectivity index (χ4n) is 2.99. The lowest BCUT2D eigenvalue weighted by Gasteiger charge is -2.13. The molecule has 9 heteroatoms. The third-order valence-electron chi connectivity index (χ3n) is 4.42. The second-order valence-electron chi connectivity index (χ2n) is 6.64. The summed E-state index contributed by atoms with van der Waals surface area (Å²) in [6.45, 7) is 4.73. The molecule has 3 rings (SSSR count). The zero-order valence-electron chi connectivity index (χ0n) is 17.2. The number of para-hydroxylation sites is 1. The van der Waals surface area contributed by atoms with Gasteiger partial charge in [-0.25, -0.2) is 0 Å². The van der Waals surface area contributed by atoms with E-state index < -0.39 is 16.1 Å². The Bertz CT molecular complexity index is 1040. The number of nitrogens with zero attached hydrogens (tertiary/aromatic N) is 2. The highest BCUT2D eigenvalue weighted by atomic mass is 32.2. The SMILES string of the molecule is CCCOc1ccc(/C=C2\SC(=O)N(Cc3ccccc3[N+](=O)[O-])C2=O)cc1OCC. The predicted octanol–water partition coefficient (Wildman–Crippen LogP) is 5.02. The summed E-state index contributed by atoms with van der Waals surface area (Å²) in [4.78, 5) is 37.2. The van der Waals surface area contributed by atoms with Crippen LogP contribution in [0.15, 0.2) is 47.4 Å². The molecule has 8 nitrogen and oxygen atoms in total. The molecule has 0 spiro atoms. The van der Waals surface area contributed by atoms with E-state index in [9.17, 15) is 19.7 Å². The molecule has 0 radical (unpaired) electrons. The summed E-state index contributed by atoms with van der Waals surface area (Å²) >= 11 is 0.804. The molecule has 0 aromatic heterocycles. The van der Waals surface area contributed by atoms with E-state index in [0.717, 1.165) is 23.1 Å². The van der Waals surface area contributed by atoms with Gasteiger partial charge in [0.25, 0.3) is 16.8 Å². The molecular weight excluding hydrogens is 420 g/mol. The second-order valence-corrected chi connectivity index (χ2v) is 7.63. The molecule has 1 fully saturated rings. The molecule has 0 bridgehead atoms. The Balaban J connectivity index is 1.83. The van der Waals surface area contributed by atoms with E-state index >= 15 is 0 Å². The van der Waals surface area contributed by atoms with Crippen molar-refractivity contribution < 1.29 is 24.0 Å². The lowest BCUT2D eigenvalue weighted by atomic mass is 10.1. The zero-order chi connectivity index (χ0) is 22.4. The van der Waals surface area contributed by atoms with E-state index in [1.54, 1.807) is 36.4 Å². The van der Waals surface area contributed by atoms with Gasteiger partial charge >= 0.3 is 0 Å². The van der Waals surface area contributed by atoms with Crippen LogP contribution in [0.2, 0.25) is 0 Å². The minimum atomic E-state index is -0.526. The molecule has 2 aromatic carbocycles. The van der Waals surface area contributed by atoms with Gasteiger partial charge in [-0.15, -0.1) is 0 Å². The highest BCUT2D eigenvalue weighted by Crippen LogP contribution is 2.36. The van der Waals surface area contributed by atoms with E-state index in [0.29, 0.717) is 35.8 Å². The van der Waals surface area contributed by atoms with Gasteiger partial charge < -0.3 is 9.47 Å². The smallest absolute Gasteiger partial charge is 0.293 e. The quantitative estimate of drug-likeness (QED) is 0.305. The highest BCUT2D eigenvalue weighted by Gasteiger charge is 2.36. The van der Waals surface area contributed by atoms with Gasteiger partial charge in [-0.05, 0) is 48.9 Å². The fourth-order valence-corrected chi connectivity index (χ4v) is 3.83. The third-order valence-corrected chi connectivity index (χ3v) is 5.32. The number of rotatable bonds is 9. The van der Waals surface area contributed by atoms with Crippen LogP contribution in [-0.4, -0.2) is 34.2 Å². The van der Waals surface area contributed by atoms with Crippen LogP contribution in [0.25, 0.3) is 6.08 Å². The van der Waals surface area contributed by atoms with Gasteiger partial charge in [-0.1, -0.05) is 31.2 Å². The van der Waals surface area contributed by atoms with Gasteiger partial charge in [-0.2, -0.15) is 0 Å². The van der Waals surface area contributed by atoms with E-state index in [-0.39, 0.29) is 17.1 Å². The van der Waals surface area contributed by atoms with Crippen LogP contribution in [0.4, 0.5) is 10.5 Å². The van der Waals surface area contributed by atoms with Crippen LogP contribution in [-0.2, 0) is 11.3 Å². The van der Waals surface area contributed by atoms with Gasteiger partial charge in [0.1, 0.15) is 0 Å². The number of amides is 2. The monoisotopic (exact) mass is 442 g/mol. The molecule has 1 aliphatic rings. The van der Waals surface area contributed by atoms with Crippen molar-refractivity contribution >= 4 is 34.7 Å². The first-order valence-corrected chi connectivity index (χ1v) is 10.6. The molecule has 162 valence electrons. The Morgan fingerprint density at radius 1 is 1.10 bits per heavy atom. The number of ether oxygens (including phenoxy) is 2. The first kappa shape index (κ1) is 22.4. The maximum atomic E-state index is 12.8. The maximum absolute atomic E-state index is 12.8. The molecule has 0 saturated carbocycles. The van der Waals surface area contributed by atoms with Crippen LogP contribution in [0.5, 0.6) is 11.5 Å². The van der Waals surface area contributed by atoms with Gasteiger partial charge in [-0.3, -0.25) is 24.6 Å². The standard InChI is InChI=1S/C22H22N2O6S/c1-3-11-30-18-10-9-15(12-19(18)29-4-2)13-20-21(25)23(22(26)31-20)14-16-7-5-6-8-17(16)24(27)28/h5-10,12-13H,3-4,11,14H2,1-2H3/b20-13-.